The molecule has 3 rings (SSSR count). The van der Waals surface area contributed by atoms with Crippen LogP contribution in [0.1, 0.15) is 29.3 Å². The van der Waals surface area contributed by atoms with Crippen LogP contribution in [0.15, 0.2) is 53.4 Å². The Morgan fingerprint density at radius 3 is 2.35 bits per heavy atom. The second kappa shape index (κ2) is 9.38. The van der Waals surface area contributed by atoms with Gasteiger partial charge in [-0.3, -0.25) is 9.59 Å². The lowest BCUT2D eigenvalue weighted by atomic mass is 10.1. The molecule has 1 atom stereocenters. The Hall–Kier alpha value is -3.08. The number of anilines is 1. The summed E-state index contributed by atoms with van der Waals surface area (Å²) >= 11 is 0. The lowest BCUT2D eigenvalue weighted by Crippen LogP contribution is -2.92. The molecule has 0 aromatic heterocycles. The fraction of sp³-hybridized carbons (Fsp3) is 0.286. The average molecular weight is 447 g/mol. The fourth-order valence-corrected chi connectivity index (χ4v) is 3.88. The van der Waals surface area contributed by atoms with Crippen LogP contribution in [0.5, 0.6) is 0 Å². The molecule has 9 nitrogen and oxygen atoms in total. The fourth-order valence-electron chi connectivity index (χ4n) is 3.37. The van der Waals surface area contributed by atoms with Crippen molar-refractivity contribution in [1.29, 1.82) is 0 Å². The third-order valence-electron chi connectivity index (χ3n) is 4.95. The second-order valence-corrected chi connectivity index (χ2v) is 8.67. The van der Waals surface area contributed by atoms with E-state index in [1.165, 1.54) is 24.3 Å². The number of sulfonamides is 1. The van der Waals surface area contributed by atoms with Gasteiger partial charge in [-0.1, -0.05) is 12.1 Å². The van der Waals surface area contributed by atoms with Crippen LogP contribution in [0.2, 0.25) is 0 Å². The summed E-state index contributed by atoms with van der Waals surface area (Å²) in [6.45, 7) is 2.52. The molecule has 0 spiro atoms. The van der Waals surface area contributed by atoms with Gasteiger partial charge in [-0.05, 0) is 48.9 Å². The molecule has 4 N–H and O–H groups in total. The number of amides is 2. The number of nitrogens with two attached hydrogens (primary N) is 2. The Bertz CT molecular complexity index is 1080. The SMILES string of the molecule is CCOC(=O)c1ccc(N2C(=O)C[C@H]([NH2+]CCc3ccc(S(N)(=O)=O)cc3)C2=O)cc1. The van der Waals surface area contributed by atoms with Crippen LogP contribution in [-0.4, -0.2) is 45.4 Å². The number of carbonyl (C=O) groups is 3. The molecule has 2 aromatic carbocycles. The molecule has 164 valence electrons. The number of benzene rings is 2. The van der Waals surface area contributed by atoms with Crippen LogP contribution in [0, 0.1) is 0 Å². The van der Waals surface area contributed by atoms with Crippen molar-refractivity contribution in [3.05, 3.63) is 59.7 Å². The summed E-state index contributed by atoms with van der Waals surface area (Å²) in [5.74, 6) is -1.07. The van der Waals surface area contributed by atoms with E-state index < -0.39 is 22.0 Å². The number of esters is 1. The van der Waals surface area contributed by atoms with Crippen molar-refractivity contribution in [2.24, 2.45) is 5.14 Å². The van der Waals surface area contributed by atoms with E-state index in [4.69, 9.17) is 9.88 Å². The molecule has 0 bridgehead atoms. The summed E-state index contributed by atoms with van der Waals surface area (Å²) < 4.78 is 27.5. The summed E-state index contributed by atoms with van der Waals surface area (Å²) in [5, 5.41) is 6.89. The first-order chi connectivity index (χ1) is 14.7. The summed E-state index contributed by atoms with van der Waals surface area (Å²) in [7, 11) is -3.73. The zero-order valence-electron chi connectivity index (χ0n) is 17.0. The van der Waals surface area contributed by atoms with E-state index in [0.29, 0.717) is 24.2 Å². The number of quaternary nitrogens is 1. The topological polar surface area (TPSA) is 140 Å². The molecule has 1 fully saturated rings. The van der Waals surface area contributed by atoms with Gasteiger partial charge >= 0.3 is 5.97 Å². The third kappa shape index (κ3) is 5.35. The largest absolute Gasteiger partial charge is 0.462 e. The molecular formula is C21H24N3O6S+. The molecule has 0 unspecified atom stereocenters. The zero-order valence-corrected chi connectivity index (χ0v) is 17.8. The van der Waals surface area contributed by atoms with Gasteiger partial charge < -0.3 is 10.1 Å². The monoisotopic (exact) mass is 446 g/mol. The highest BCUT2D eigenvalue weighted by molar-refractivity contribution is 7.89. The van der Waals surface area contributed by atoms with Crippen molar-refractivity contribution < 1.29 is 32.9 Å². The van der Waals surface area contributed by atoms with Gasteiger partial charge in [-0.2, -0.15) is 0 Å². The van der Waals surface area contributed by atoms with Crippen LogP contribution >= 0.6 is 0 Å². The number of nitrogens with zero attached hydrogens (tertiary/aromatic N) is 1. The predicted octanol–water partition coefficient (Wildman–Crippen LogP) is -0.0513. The van der Waals surface area contributed by atoms with Crippen molar-refractivity contribution in [2.45, 2.75) is 30.7 Å². The van der Waals surface area contributed by atoms with Crippen molar-refractivity contribution in [3.63, 3.8) is 0 Å². The van der Waals surface area contributed by atoms with E-state index >= 15 is 0 Å². The number of rotatable bonds is 8. The van der Waals surface area contributed by atoms with Crippen molar-refractivity contribution in [3.8, 4) is 0 Å². The normalized spacial score (nSPS) is 16.6. The minimum atomic E-state index is -3.73. The van der Waals surface area contributed by atoms with Gasteiger partial charge in [0.15, 0.2) is 6.04 Å². The lowest BCUT2D eigenvalue weighted by molar-refractivity contribution is -0.674. The molecular weight excluding hydrogens is 422 g/mol. The first-order valence-electron chi connectivity index (χ1n) is 9.79. The molecule has 10 heteroatoms. The Labute approximate surface area is 180 Å². The van der Waals surface area contributed by atoms with Gasteiger partial charge in [-0.15, -0.1) is 0 Å². The zero-order chi connectivity index (χ0) is 22.6. The van der Waals surface area contributed by atoms with E-state index in [1.54, 1.807) is 36.5 Å². The molecule has 0 radical (unpaired) electrons. The Morgan fingerprint density at radius 1 is 1.13 bits per heavy atom. The Balaban J connectivity index is 1.58. The van der Waals surface area contributed by atoms with E-state index in [1.807, 2.05) is 0 Å². The van der Waals surface area contributed by atoms with Gasteiger partial charge in [0.25, 0.3) is 5.91 Å². The summed E-state index contributed by atoms with van der Waals surface area (Å²) in [5.41, 5.74) is 1.66. The second-order valence-electron chi connectivity index (χ2n) is 7.11. The number of primary sulfonamides is 1. The molecule has 1 saturated heterocycles. The van der Waals surface area contributed by atoms with Crippen molar-refractivity contribution in [1.82, 2.24) is 0 Å². The minimum Gasteiger partial charge on any atom is -0.462 e. The average Bonchev–Trinajstić information content (AvgIpc) is 3.01. The van der Waals surface area contributed by atoms with Gasteiger partial charge in [0.1, 0.15) is 0 Å². The van der Waals surface area contributed by atoms with Crippen molar-refractivity contribution in [2.75, 3.05) is 18.1 Å². The number of carbonyl (C=O) groups excluding carboxylic acids is 3. The molecule has 0 aliphatic carbocycles. The number of imide groups is 1. The molecule has 31 heavy (non-hydrogen) atoms. The van der Waals surface area contributed by atoms with E-state index in [2.05, 4.69) is 0 Å². The quantitative estimate of drug-likeness (QED) is 0.430. The molecule has 1 aliphatic rings. The van der Waals surface area contributed by atoms with Gasteiger partial charge in [-0.25, -0.2) is 23.3 Å². The van der Waals surface area contributed by atoms with Gasteiger partial charge in [0.05, 0.1) is 35.7 Å². The highest BCUT2D eigenvalue weighted by Gasteiger charge is 2.42. The Morgan fingerprint density at radius 2 is 1.77 bits per heavy atom. The maximum absolute atomic E-state index is 12.7. The maximum Gasteiger partial charge on any atom is 0.338 e. The van der Waals surface area contributed by atoms with Gasteiger partial charge in [0, 0.05) is 6.42 Å². The number of ether oxygens (including phenoxy) is 1. The number of hydrogen-bond acceptors (Lipinski definition) is 6. The predicted molar refractivity (Wildman–Crippen MR) is 112 cm³/mol. The smallest absolute Gasteiger partial charge is 0.338 e. The van der Waals surface area contributed by atoms with Crippen LogP contribution in [0.25, 0.3) is 0 Å². The van der Waals surface area contributed by atoms with Gasteiger partial charge in [0.2, 0.25) is 15.9 Å². The number of hydrogen-bond donors (Lipinski definition) is 2. The van der Waals surface area contributed by atoms with Crippen LogP contribution in [0.4, 0.5) is 5.69 Å². The summed E-state index contributed by atoms with van der Waals surface area (Å²) in [6, 6.07) is 11.9. The minimum absolute atomic E-state index is 0.0430. The summed E-state index contributed by atoms with van der Waals surface area (Å²) in [6.07, 6.45) is 0.680. The standard InChI is InChI=1S/C21H23N3O6S/c1-2-30-21(27)15-5-7-16(8-6-15)24-19(25)13-18(20(24)26)23-12-11-14-3-9-17(10-4-14)31(22,28)29/h3-10,18,23H,2,11-13H2,1H3,(H2,22,28,29)/p+1/t18-/m0/s1. The maximum atomic E-state index is 12.7. The molecule has 1 heterocycles. The third-order valence-corrected chi connectivity index (χ3v) is 5.88. The lowest BCUT2D eigenvalue weighted by Gasteiger charge is -2.14. The first-order valence-corrected chi connectivity index (χ1v) is 11.3. The molecule has 2 aromatic rings. The molecule has 1 aliphatic heterocycles. The van der Waals surface area contributed by atoms with Crippen LogP contribution < -0.4 is 15.4 Å². The van der Waals surface area contributed by atoms with E-state index in [-0.39, 0.29) is 29.7 Å². The van der Waals surface area contributed by atoms with E-state index in [0.717, 1.165) is 10.5 Å². The molecule has 2 amide bonds. The first kappa shape index (κ1) is 22.6. The van der Waals surface area contributed by atoms with Crippen molar-refractivity contribution >= 4 is 33.5 Å². The molecule has 0 saturated carbocycles. The summed E-state index contributed by atoms with van der Waals surface area (Å²) in [4.78, 5) is 38.1. The van der Waals surface area contributed by atoms with E-state index in [9.17, 15) is 22.8 Å². The van der Waals surface area contributed by atoms with Crippen LogP contribution in [0.3, 0.4) is 0 Å². The Kier molecular flexibility index (Phi) is 6.84. The highest BCUT2D eigenvalue weighted by Crippen LogP contribution is 2.22. The highest BCUT2D eigenvalue weighted by atomic mass is 32.2. The van der Waals surface area contributed by atoms with Crippen LogP contribution in [-0.2, 0) is 30.8 Å².